The van der Waals surface area contributed by atoms with Crippen LogP contribution in [0.5, 0.6) is 0 Å². The number of hydrogen-bond acceptors (Lipinski definition) is 5. The van der Waals surface area contributed by atoms with Crippen LogP contribution in [-0.2, 0) is 6.18 Å². The molecule has 1 aromatic rings. The number of anilines is 2. The van der Waals surface area contributed by atoms with E-state index in [0.29, 0.717) is 19.5 Å². The van der Waals surface area contributed by atoms with Crippen molar-refractivity contribution in [3.8, 4) is 0 Å². The van der Waals surface area contributed by atoms with Gasteiger partial charge in [0.2, 0.25) is 5.82 Å². The van der Waals surface area contributed by atoms with E-state index in [1.165, 1.54) is 6.07 Å². The van der Waals surface area contributed by atoms with Gasteiger partial charge in [-0.1, -0.05) is 0 Å². The summed E-state index contributed by atoms with van der Waals surface area (Å²) in [7, 11) is 0. The van der Waals surface area contributed by atoms with Crippen LogP contribution in [0, 0.1) is 5.92 Å². The topological polar surface area (TPSA) is 75.3 Å². The predicted octanol–water partition coefficient (Wildman–Crippen LogP) is 1.68. The second-order valence-corrected chi connectivity index (χ2v) is 4.94. The van der Waals surface area contributed by atoms with Crippen molar-refractivity contribution in [2.75, 3.05) is 30.3 Å². The number of rotatable bonds is 3. The van der Waals surface area contributed by atoms with E-state index >= 15 is 0 Å². The van der Waals surface area contributed by atoms with Crippen LogP contribution < -0.4 is 10.6 Å². The lowest BCUT2D eigenvalue weighted by atomic mass is 9.95. The molecule has 2 rings (SSSR count). The minimum atomic E-state index is -4.61. The Hall–Kier alpha value is -1.57. The van der Waals surface area contributed by atoms with Crippen LogP contribution in [0.1, 0.15) is 25.1 Å². The largest absolute Gasteiger partial charge is 0.451 e. The molecule has 1 aliphatic rings. The van der Waals surface area contributed by atoms with Gasteiger partial charge < -0.3 is 15.7 Å². The molecule has 0 bridgehead atoms. The normalized spacial score (nSPS) is 20.2. The quantitative estimate of drug-likeness (QED) is 0.885. The fourth-order valence-electron chi connectivity index (χ4n) is 2.43. The zero-order valence-corrected chi connectivity index (χ0v) is 10.9. The SMILES string of the molecule is Nc1cc(N2CCCC(CCO)C2)nc(C(F)(F)F)n1. The molecule has 1 aromatic heterocycles. The number of nitrogens with two attached hydrogens (primary N) is 1. The highest BCUT2D eigenvalue weighted by atomic mass is 19.4. The van der Waals surface area contributed by atoms with E-state index in [4.69, 9.17) is 10.8 Å². The molecular weight excluding hydrogens is 273 g/mol. The fourth-order valence-corrected chi connectivity index (χ4v) is 2.43. The maximum absolute atomic E-state index is 12.7. The predicted molar refractivity (Wildman–Crippen MR) is 68.1 cm³/mol. The average Bonchev–Trinajstić information content (AvgIpc) is 2.38. The molecule has 0 aliphatic carbocycles. The van der Waals surface area contributed by atoms with E-state index in [-0.39, 0.29) is 24.2 Å². The summed E-state index contributed by atoms with van der Waals surface area (Å²) in [5, 5.41) is 8.96. The second kappa shape index (κ2) is 5.82. The summed E-state index contributed by atoms with van der Waals surface area (Å²) in [5.74, 6) is -0.935. The lowest BCUT2D eigenvalue weighted by Gasteiger charge is -2.33. The molecule has 5 nitrogen and oxygen atoms in total. The molecule has 0 amide bonds. The van der Waals surface area contributed by atoms with Crippen molar-refractivity contribution in [3.63, 3.8) is 0 Å². The van der Waals surface area contributed by atoms with Crippen LogP contribution >= 0.6 is 0 Å². The van der Waals surface area contributed by atoms with Crippen LogP contribution in [0.25, 0.3) is 0 Å². The lowest BCUT2D eigenvalue weighted by molar-refractivity contribution is -0.144. The van der Waals surface area contributed by atoms with E-state index in [0.717, 1.165) is 12.8 Å². The van der Waals surface area contributed by atoms with Crippen molar-refractivity contribution in [2.24, 2.45) is 5.92 Å². The highest BCUT2D eigenvalue weighted by molar-refractivity contribution is 5.47. The average molecular weight is 290 g/mol. The van der Waals surface area contributed by atoms with Crippen molar-refractivity contribution in [1.82, 2.24) is 9.97 Å². The zero-order valence-electron chi connectivity index (χ0n) is 10.9. The van der Waals surface area contributed by atoms with E-state index in [1.54, 1.807) is 4.90 Å². The van der Waals surface area contributed by atoms with Crippen molar-refractivity contribution in [2.45, 2.75) is 25.4 Å². The molecule has 8 heteroatoms. The van der Waals surface area contributed by atoms with Crippen LogP contribution in [0.15, 0.2) is 6.07 Å². The smallest absolute Gasteiger partial charge is 0.396 e. The van der Waals surface area contributed by atoms with Crippen LogP contribution in [0.4, 0.5) is 24.8 Å². The molecule has 0 saturated carbocycles. The number of aliphatic hydroxyl groups excluding tert-OH is 1. The number of halogens is 3. The van der Waals surface area contributed by atoms with Gasteiger partial charge in [-0.25, -0.2) is 9.97 Å². The molecule has 0 radical (unpaired) electrons. The Morgan fingerprint density at radius 1 is 1.40 bits per heavy atom. The van der Waals surface area contributed by atoms with Crippen molar-refractivity contribution >= 4 is 11.6 Å². The van der Waals surface area contributed by atoms with Gasteiger partial charge in [0, 0.05) is 25.8 Å². The molecule has 1 atom stereocenters. The molecule has 20 heavy (non-hydrogen) atoms. The third-order valence-electron chi connectivity index (χ3n) is 3.37. The van der Waals surface area contributed by atoms with Crippen molar-refractivity contribution in [3.05, 3.63) is 11.9 Å². The summed E-state index contributed by atoms with van der Waals surface area (Å²) in [5.41, 5.74) is 5.44. The molecule has 1 aliphatic heterocycles. The Bertz CT molecular complexity index is 465. The van der Waals surface area contributed by atoms with Crippen LogP contribution in [0.2, 0.25) is 0 Å². The number of aliphatic hydroxyl groups is 1. The molecule has 1 fully saturated rings. The number of nitrogen functional groups attached to an aromatic ring is 1. The van der Waals surface area contributed by atoms with E-state index in [2.05, 4.69) is 9.97 Å². The summed E-state index contributed by atoms with van der Waals surface area (Å²) in [6.07, 6.45) is -2.15. The Balaban J connectivity index is 2.21. The first kappa shape index (κ1) is 14.8. The standard InChI is InChI=1S/C12H17F3N4O/c13-12(14,15)11-17-9(16)6-10(18-11)19-4-1-2-8(7-19)3-5-20/h6,8,20H,1-5,7H2,(H2,16,17,18). The van der Waals surface area contributed by atoms with Gasteiger partial charge >= 0.3 is 6.18 Å². The van der Waals surface area contributed by atoms with E-state index < -0.39 is 12.0 Å². The third kappa shape index (κ3) is 3.50. The Morgan fingerprint density at radius 2 is 2.15 bits per heavy atom. The third-order valence-corrected chi connectivity index (χ3v) is 3.37. The molecule has 112 valence electrons. The van der Waals surface area contributed by atoms with Crippen molar-refractivity contribution < 1.29 is 18.3 Å². The molecule has 0 spiro atoms. The molecule has 0 aromatic carbocycles. The number of nitrogens with zero attached hydrogens (tertiary/aromatic N) is 3. The molecular formula is C12H17F3N4O. The van der Waals surface area contributed by atoms with Gasteiger partial charge in [0.15, 0.2) is 0 Å². The number of aromatic nitrogens is 2. The molecule has 1 unspecified atom stereocenters. The molecule has 1 saturated heterocycles. The highest BCUT2D eigenvalue weighted by Crippen LogP contribution is 2.30. The number of hydrogen-bond donors (Lipinski definition) is 2. The van der Waals surface area contributed by atoms with Gasteiger partial charge in [-0.3, -0.25) is 0 Å². The Labute approximate surface area is 114 Å². The Kier molecular flexibility index (Phi) is 4.32. The summed E-state index contributed by atoms with van der Waals surface area (Å²) in [6, 6.07) is 1.36. The molecule has 2 heterocycles. The maximum Gasteiger partial charge on any atom is 0.451 e. The monoisotopic (exact) mass is 290 g/mol. The first-order chi connectivity index (χ1) is 9.40. The second-order valence-electron chi connectivity index (χ2n) is 4.94. The van der Waals surface area contributed by atoms with Gasteiger partial charge in [0.05, 0.1) is 0 Å². The van der Waals surface area contributed by atoms with Gasteiger partial charge in [0.1, 0.15) is 11.6 Å². The van der Waals surface area contributed by atoms with Gasteiger partial charge in [0.25, 0.3) is 0 Å². The maximum atomic E-state index is 12.7. The van der Waals surface area contributed by atoms with E-state index in [1.807, 2.05) is 0 Å². The summed E-state index contributed by atoms with van der Waals surface area (Å²) >= 11 is 0. The van der Waals surface area contributed by atoms with E-state index in [9.17, 15) is 13.2 Å². The summed E-state index contributed by atoms with van der Waals surface area (Å²) in [6.45, 7) is 1.29. The van der Waals surface area contributed by atoms with Gasteiger partial charge in [-0.2, -0.15) is 13.2 Å². The van der Waals surface area contributed by atoms with Crippen molar-refractivity contribution in [1.29, 1.82) is 0 Å². The van der Waals surface area contributed by atoms with Crippen LogP contribution in [0.3, 0.4) is 0 Å². The molecule has 3 N–H and O–H groups in total. The zero-order chi connectivity index (χ0) is 14.8. The lowest BCUT2D eigenvalue weighted by Crippen LogP contribution is -2.36. The highest BCUT2D eigenvalue weighted by Gasteiger charge is 2.36. The van der Waals surface area contributed by atoms with Gasteiger partial charge in [-0.05, 0) is 25.2 Å². The Morgan fingerprint density at radius 3 is 2.80 bits per heavy atom. The summed E-state index contributed by atoms with van der Waals surface area (Å²) in [4.78, 5) is 8.58. The number of piperidine rings is 1. The fraction of sp³-hybridized carbons (Fsp3) is 0.667. The summed E-state index contributed by atoms with van der Waals surface area (Å²) < 4.78 is 38.0. The first-order valence-corrected chi connectivity index (χ1v) is 6.47. The first-order valence-electron chi connectivity index (χ1n) is 6.47. The minimum absolute atomic E-state index is 0.0816. The van der Waals surface area contributed by atoms with Gasteiger partial charge in [-0.15, -0.1) is 0 Å². The van der Waals surface area contributed by atoms with Crippen LogP contribution in [-0.4, -0.2) is 34.8 Å². The minimum Gasteiger partial charge on any atom is -0.396 e. The number of alkyl halides is 3.